The molecule has 3 rings (SSSR count). The molecule has 0 radical (unpaired) electrons. The van der Waals surface area contributed by atoms with Gasteiger partial charge in [-0.2, -0.15) is 9.57 Å². The molecule has 1 aromatic rings. The second-order valence-electron chi connectivity index (χ2n) is 5.39. The van der Waals surface area contributed by atoms with Crippen molar-refractivity contribution < 1.29 is 8.42 Å². The summed E-state index contributed by atoms with van der Waals surface area (Å²) in [6.45, 7) is 0.643. The number of hydrogen-bond donors (Lipinski definition) is 0. The van der Waals surface area contributed by atoms with Crippen LogP contribution < -0.4 is 0 Å². The van der Waals surface area contributed by atoms with E-state index in [1.807, 2.05) is 6.07 Å². The fraction of sp³-hybridized carbons (Fsp3) is 0.500. The van der Waals surface area contributed by atoms with Crippen molar-refractivity contribution in [2.24, 2.45) is 5.92 Å². The Morgan fingerprint density at radius 2 is 2.00 bits per heavy atom. The molecule has 0 N–H and O–H groups in total. The van der Waals surface area contributed by atoms with Gasteiger partial charge in [-0.1, -0.05) is 6.07 Å². The lowest BCUT2D eigenvalue weighted by Gasteiger charge is -2.21. The first-order chi connectivity index (χ1) is 9.11. The molecule has 0 unspecified atom stereocenters. The average Bonchev–Trinajstić information content (AvgIpc) is 3.28. The number of rotatable bonds is 5. The van der Waals surface area contributed by atoms with Gasteiger partial charge in [0.15, 0.2) is 0 Å². The van der Waals surface area contributed by atoms with E-state index in [4.69, 9.17) is 5.26 Å². The van der Waals surface area contributed by atoms with E-state index in [2.05, 4.69) is 0 Å². The number of sulfonamides is 1. The molecule has 0 aliphatic heterocycles. The Balaban J connectivity index is 1.92. The molecular weight excluding hydrogens is 260 g/mol. The van der Waals surface area contributed by atoms with Gasteiger partial charge < -0.3 is 0 Å². The molecule has 0 amide bonds. The summed E-state index contributed by atoms with van der Waals surface area (Å²) in [5.74, 6) is 0.537. The normalized spacial score (nSPS) is 19.4. The second kappa shape index (κ2) is 4.62. The van der Waals surface area contributed by atoms with Crippen molar-refractivity contribution in [2.75, 3.05) is 6.54 Å². The summed E-state index contributed by atoms with van der Waals surface area (Å²) in [5, 5.41) is 8.88. The molecule has 1 aromatic carbocycles. The maximum atomic E-state index is 12.7. The molecule has 0 atom stereocenters. The molecule has 0 saturated heterocycles. The van der Waals surface area contributed by atoms with Gasteiger partial charge in [0, 0.05) is 12.6 Å². The highest BCUT2D eigenvalue weighted by Crippen LogP contribution is 2.38. The third-order valence-corrected chi connectivity index (χ3v) is 5.57. The summed E-state index contributed by atoms with van der Waals surface area (Å²) < 4.78 is 27.0. The van der Waals surface area contributed by atoms with E-state index in [-0.39, 0.29) is 10.9 Å². The van der Waals surface area contributed by atoms with E-state index in [0.29, 0.717) is 18.0 Å². The number of nitrogens with zero attached hydrogens (tertiary/aromatic N) is 2. The van der Waals surface area contributed by atoms with Gasteiger partial charge in [0.2, 0.25) is 10.0 Å². The third-order valence-electron chi connectivity index (χ3n) is 3.66. The predicted octanol–water partition coefficient (Wildman–Crippen LogP) is 2.12. The van der Waals surface area contributed by atoms with Gasteiger partial charge in [-0.3, -0.25) is 0 Å². The summed E-state index contributed by atoms with van der Waals surface area (Å²) in [6.07, 6.45) is 4.20. The maximum Gasteiger partial charge on any atom is 0.243 e. The van der Waals surface area contributed by atoms with Crippen LogP contribution in [-0.4, -0.2) is 25.3 Å². The van der Waals surface area contributed by atoms with E-state index in [0.717, 1.165) is 25.7 Å². The van der Waals surface area contributed by atoms with Crippen LogP contribution in [-0.2, 0) is 10.0 Å². The van der Waals surface area contributed by atoms with Gasteiger partial charge in [-0.05, 0) is 49.8 Å². The maximum absolute atomic E-state index is 12.7. The zero-order valence-corrected chi connectivity index (χ0v) is 11.4. The fourth-order valence-corrected chi connectivity index (χ4v) is 4.03. The van der Waals surface area contributed by atoms with Crippen LogP contribution in [0.5, 0.6) is 0 Å². The van der Waals surface area contributed by atoms with E-state index in [9.17, 15) is 8.42 Å². The molecule has 4 nitrogen and oxygen atoms in total. The summed E-state index contributed by atoms with van der Waals surface area (Å²) in [6, 6.07) is 8.48. The highest BCUT2D eigenvalue weighted by atomic mass is 32.2. The lowest BCUT2D eigenvalue weighted by molar-refractivity contribution is 0.389. The summed E-state index contributed by atoms with van der Waals surface area (Å²) in [5.41, 5.74) is 0.392. The van der Waals surface area contributed by atoms with Crippen molar-refractivity contribution in [1.29, 1.82) is 5.26 Å². The van der Waals surface area contributed by atoms with Crippen LogP contribution in [0.1, 0.15) is 31.2 Å². The van der Waals surface area contributed by atoms with Crippen LogP contribution >= 0.6 is 0 Å². The first-order valence-electron chi connectivity index (χ1n) is 6.63. The molecule has 0 aromatic heterocycles. The van der Waals surface area contributed by atoms with Crippen molar-refractivity contribution in [1.82, 2.24) is 4.31 Å². The minimum atomic E-state index is -3.44. The Morgan fingerprint density at radius 3 is 2.58 bits per heavy atom. The molecule has 0 heterocycles. The molecule has 5 heteroatoms. The quantitative estimate of drug-likeness (QED) is 0.827. The topological polar surface area (TPSA) is 61.2 Å². The molecule has 2 fully saturated rings. The zero-order valence-electron chi connectivity index (χ0n) is 10.6. The van der Waals surface area contributed by atoms with Crippen molar-refractivity contribution in [2.45, 2.75) is 36.6 Å². The lowest BCUT2D eigenvalue weighted by Crippen LogP contribution is -2.34. The van der Waals surface area contributed by atoms with Gasteiger partial charge in [0.05, 0.1) is 16.5 Å². The predicted molar refractivity (Wildman–Crippen MR) is 70.8 cm³/mol. The number of benzene rings is 1. The first-order valence-corrected chi connectivity index (χ1v) is 8.07. The first kappa shape index (κ1) is 12.6. The van der Waals surface area contributed by atoms with Crippen LogP contribution in [0, 0.1) is 17.2 Å². The van der Waals surface area contributed by atoms with E-state index >= 15 is 0 Å². The van der Waals surface area contributed by atoms with Crippen molar-refractivity contribution >= 4 is 10.0 Å². The molecule has 100 valence electrons. The van der Waals surface area contributed by atoms with Gasteiger partial charge in [0.25, 0.3) is 0 Å². The molecule has 19 heavy (non-hydrogen) atoms. The van der Waals surface area contributed by atoms with Gasteiger partial charge in [0.1, 0.15) is 0 Å². The van der Waals surface area contributed by atoms with Crippen LogP contribution in [0.25, 0.3) is 0 Å². The summed E-state index contributed by atoms with van der Waals surface area (Å²) >= 11 is 0. The molecular formula is C14H16N2O2S. The minimum Gasteiger partial charge on any atom is -0.207 e. The Kier molecular flexibility index (Phi) is 3.08. The molecule has 2 saturated carbocycles. The summed E-state index contributed by atoms with van der Waals surface area (Å²) in [4.78, 5) is 0.249. The van der Waals surface area contributed by atoms with Gasteiger partial charge >= 0.3 is 0 Å². The van der Waals surface area contributed by atoms with E-state index in [1.54, 1.807) is 22.5 Å². The van der Waals surface area contributed by atoms with Crippen molar-refractivity contribution in [3.05, 3.63) is 29.8 Å². The van der Waals surface area contributed by atoms with E-state index in [1.165, 1.54) is 6.07 Å². The van der Waals surface area contributed by atoms with Crippen LogP contribution in [0.3, 0.4) is 0 Å². The zero-order chi connectivity index (χ0) is 13.5. The number of nitriles is 1. The average molecular weight is 276 g/mol. The highest BCUT2D eigenvalue weighted by Gasteiger charge is 2.41. The molecule has 2 aliphatic carbocycles. The summed E-state index contributed by atoms with van der Waals surface area (Å²) in [7, 11) is -3.44. The van der Waals surface area contributed by atoms with Crippen LogP contribution in [0.15, 0.2) is 29.2 Å². The van der Waals surface area contributed by atoms with Gasteiger partial charge in [-0.15, -0.1) is 0 Å². The third kappa shape index (κ3) is 2.65. The molecule has 0 spiro atoms. The van der Waals surface area contributed by atoms with Crippen LogP contribution in [0.2, 0.25) is 0 Å². The second-order valence-corrected chi connectivity index (χ2v) is 7.28. The standard InChI is InChI=1S/C14H16N2O2S/c15-9-12-2-1-3-14(8-12)19(17,18)16(13-6-7-13)10-11-4-5-11/h1-3,8,11,13H,4-7,10H2. The lowest BCUT2D eigenvalue weighted by atomic mass is 10.2. The largest absolute Gasteiger partial charge is 0.243 e. The highest BCUT2D eigenvalue weighted by molar-refractivity contribution is 7.89. The van der Waals surface area contributed by atoms with Gasteiger partial charge in [-0.25, -0.2) is 8.42 Å². The Hall–Kier alpha value is -1.38. The SMILES string of the molecule is N#Cc1cccc(S(=O)(=O)N(CC2CC2)C2CC2)c1. The Labute approximate surface area is 113 Å². The smallest absolute Gasteiger partial charge is 0.207 e. The van der Waals surface area contributed by atoms with E-state index < -0.39 is 10.0 Å². The molecule has 2 aliphatic rings. The Bertz CT molecular complexity index is 625. The Morgan fingerprint density at radius 1 is 1.26 bits per heavy atom. The number of hydrogen-bond acceptors (Lipinski definition) is 3. The minimum absolute atomic E-state index is 0.177. The fourth-order valence-electron chi connectivity index (χ4n) is 2.22. The molecule has 0 bridgehead atoms. The monoisotopic (exact) mass is 276 g/mol. The van der Waals surface area contributed by atoms with Crippen molar-refractivity contribution in [3.8, 4) is 6.07 Å². The van der Waals surface area contributed by atoms with Crippen LogP contribution in [0.4, 0.5) is 0 Å². The van der Waals surface area contributed by atoms with Crippen molar-refractivity contribution in [3.63, 3.8) is 0 Å².